The highest BCUT2D eigenvalue weighted by Crippen LogP contribution is 2.39. The Morgan fingerprint density at radius 3 is 2.66 bits per heavy atom. The summed E-state index contributed by atoms with van der Waals surface area (Å²) < 4.78 is 18.1. The molecule has 3 N–H and O–H groups in total. The number of amides is 1. The highest BCUT2D eigenvalue weighted by molar-refractivity contribution is 5.95. The van der Waals surface area contributed by atoms with Gasteiger partial charge in [-0.25, -0.2) is 4.68 Å². The predicted octanol–water partition coefficient (Wildman–Crippen LogP) is 3.14. The van der Waals surface area contributed by atoms with Crippen molar-refractivity contribution in [2.45, 2.75) is 19.9 Å². The van der Waals surface area contributed by atoms with Crippen LogP contribution >= 0.6 is 0 Å². The molecule has 2 aromatic carbocycles. The van der Waals surface area contributed by atoms with E-state index in [1.165, 1.54) is 0 Å². The van der Waals surface area contributed by atoms with E-state index in [0.717, 1.165) is 11.1 Å². The fourth-order valence-corrected chi connectivity index (χ4v) is 3.79. The van der Waals surface area contributed by atoms with Crippen molar-refractivity contribution in [2.24, 2.45) is 5.73 Å². The fourth-order valence-electron chi connectivity index (χ4n) is 3.79. The van der Waals surface area contributed by atoms with Gasteiger partial charge in [0.15, 0.2) is 17.3 Å². The Bertz CT molecular complexity index is 1200. The van der Waals surface area contributed by atoms with Crippen molar-refractivity contribution in [1.29, 1.82) is 0 Å². The zero-order chi connectivity index (χ0) is 22.8. The monoisotopic (exact) mass is 435 g/mol. The summed E-state index contributed by atoms with van der Waals surface area (Å²) in [4.78, 5) is 17.1. The number of hydrogen-bond donors (Lipinski definition) is 2. The first-order valence-electron chi connectivity index (χ1n) is 10.2. The van der Waals surface area contributed by atoms with E-state index in [4.69, 9.17) is 25.0 Å². The summed E-state index contributed by atoms with van der Waals surface area (Å²) in [6.07, 6.45) is 0. The molecule has 1 aliphatic rings. The average Bonchev–Trinajstić information content (AvgIpc) is 3.22. The first kappa shape index (κ1) is 21.2. The van der Waals surface area contributed by atoms with Crippen molar-refractivity contribution in [1.82, 2.24) is 14.8 Å². The number of fused-ring (bicyclic) bond motifs is 1. The number of aromatic nitrogens is 3. The maximum absolute atomic E-state index is 12.4. The summed E-state index contributed by atoms with van der Waals surface area (Å²) in [6, 6.07) is 12.4. The van der Waals surface area contributed by atoms with Crippen LogP contribution in [0.1, 0.15) is 25.5 Å². The number of hydrogen-bond acceptors (Lipinski definition) is 7. The van der Waals surface area contributed by atoms with Crippen LogP contribution in [-0.4, -0.2) is 41.5 Å². The van der Waals surface area contributed by atoms with Gasteiger partial charge in [0, 0.05) is 11.3 Å². The number of rotatable bonds is 7. The standard InChI is InChI=1S/C23H25N5O4/c1-5-32-17-10-9-14(12-18(17)31-4)20-19(21(24)29)13(2)25-23-26-22(27-28(20)23)15-7-6-8-16(11-15)30-3/h6-12,20H,5H2,1-4H3,(H2,24,29)(H,25,26,27). The van der Waals surface area contributed by atoms with E-state index in [1.807, 2.05) is 49.4 Å². The van der Waals surface area contributed by atoms with Crippen LogP contribution < -0.4 is 25.3 Å². The van der Waals surface area contributed by atoms with Gasteiger partial charge in [-0.1, -0.05) is 18.2 Å². The van der Waals surface area contributed by atoms with Crippen LogP contribution in [0.3, 0.4) is 0 Å². The molecule has 0 radical (unpaired) electrons. The Labute approximate surface area is 185 Å². The summed E-state index contributed by atoms with van der Waals surface area (Å²) in [5.41, 5.74) is 8.34. The van der Waals surface area contributed by atoms with E-state index in [-0.39, 0.29) is 0 Å². The van der Waals surface area contributed by atoms with Gasteiger partial charge in [-0.05, 0) is 43.7 Å². The molecule has 1 aromatic heterocycles. The molecule has 2 heterocycles. The largest absolute Gasteiger partial charge is 0.497 e. The third kappa shape index (κ3) is 3.73. The molecule has 0 fully saturated rings. The maximum Gasteiger partial charge on any atom is 0.248 e. The summed E-state index contributed by atoms with van der Waals surface area (Å²) in [7, 11) is 3.18. The molecule has 9 nitrogen and oxygen atoms in total. The quantitative estimate of drug-likeness (QED) is 0.586. The molecule has 0 spiro atoms. The van der Waals surface area contributed by atoms with Crippen molar-refractivity contribution < 1.29 is 19.0 Å². The van der Waals surface area contributed by atoms with E-state index in [1.54, 1.807) is 25.8 Å². The molecule has 9 heteroatoms. The van der Waals surface area contributed by atoms with Gasteiger partial charge in [0.25, 0.3) is 0 Å². The lowest BCUT2D eigenvalue weighted by molar-refractivity contribution is -0.115. The zero-order valence-corrected chi connectivity index (χ0v) is 18.4. The summed E-state index contributed by atoms with van der Waals surface area (Å²) in [5, 5.41) is 7.86. The summed E-state index contributed by atoms with van der Waals surface area (Å²) in [5.74, 6) is 2.32. The Morgan fingerprint density at radius 1 is 1.16 bits per heavy atom. The van der Waals surface area contributed by atoms with Crippen LogP contribution in [-0.2, 0) is 4.79 Å². The van der Waals surface area contributed by atoms with Crippen LogP contribution in [0.25, 0.3) is 11.4 Å². The van der Waals surface area contributed by atoms with E-state index < -0.39 is 11.9 Å². The first-order valence-corrected chi connectivity index (χ1v) is 10.2. The van der Waals surface area contributed by atoms with Crippen molar-refractivity contribution in [2.75, 3.05) is 26.1 Å². The number of benzene rings is 2. The third-order valence-electron chi connectivity index (χ3n) is 5.25. The van der Waals surface area contributed by atoms with Crippen molar-refractivity contribution in [3.63, 3.8) is 0 Å². The van der Waals surface area contributed by atoms with E-state index in [0.29, 0.717) is 46.9 Å². The van der Waals surface area contributed by atoms with Crippen molar-refractivity contribution >= 4 is 11.9 Å². The number of ether oxygens (including phenoxy) is 3. The van der Waals surface area contributed by atoms with Gasteiger partial charge in [0.2, 0.25) is 11.9 Å². The molecule has 32 heavy (non-hydrogen) atoms. The van der Waals surface area contributed by atoms with Crippen LogP contribution in [0.2, 0.25) is 0 Å². The molecule has 1 atom stereocenters. The van der Waals surface area contributed by atoms with Crippen LogP contribution in [0.4, 0.5) is 5.95 Å². The molecule has 0 saturated heterocycles. The van der Waals surface area contributed by atoms with E-state index in [2.05, 4.69) is 10.3 Å². The topological polar surface area (TPSA) is 114 Å². The van der Waals surface area contributed by atoms with Gasteiger partial charge in [0.05, 0.1) is 26.4 Å². The predicted molar refractivity (Wildman–Crippen MR) is 120 cm³/mol. The molecule has 1 unspecified atom stereocenters. The van der Waals surface area contributed by atoms with E-state index >= 15 is 0 Å². The van der Waals surface area contributed by atoms with Gasteiger partial charge in [0.1, 0.15) is 11.8 Å². The fraction of sp³-hybridized carbons (Fsp3) is 0.261. The first-order chi connectivity index (χ1) is 15.5. The summed E-state index contributed by atoms with van der Waals surface area (Å²) in [6.45, 7) is 4.20. The van der Waals surface area contributed by atoms with Crippen LogP contribution in [0, 0.1) is 0 Å². The molecule has 1 amide bonds. The minimum absolute atomic E-state index is 0.394. The molecule has 0 aliphatic carbocycles. The minimum atomic E-state index is -0.583. The Hall–Kier alpha value is -4.01. The zero-order valence-electron chi connectivity index (χ0n) is 18.4. The molecule has 0 bridgehead atoms. The highest BCUT2D eigenvalue weighted by Gasteiger charge is 2.34. The Balaban J connectivity index is 1.86. The van der Waals surface area contributed by atoms with Crippen molar-refractivity contribution in [3.05, 3.63) is 59.3 Å². The second-order valence-corrected chi connectivity index (χ2v) is 7.21. The van der Waals surface area contributed by atoms with Gasteiger partial charge in [-0.2, -0.15) is 4.98 Å². The number of nitrogens with one attached hydrogen (secondary N) is 1. The highest BCUT2D eigenvalue weighted by atomic mass is 16.5. The number of carbonyl (C=O) groups excluding carboxylic acids is 1. The normalized spacial score (nSPS) is 15.1. The molecular weight excluding hydrogens is 410 g/mol. The van der Waals surface area contributed by atoms with Gasteiger partial charge in [-0.15, -0.1) is 5.10 Å². The van der Waals surface area contributed by atoms with Crippen LogP contribution in [0.5, 0.6) is 17.2 Å². The lowest BCUT2D eigenvalue weighted by Crippen LogP contribution is -2.31. The van der Waals surface area contributed by atoms with Crippen molar-refractivity contribution in [3.8, 4) is 28.6 Å². The number of allylic oxidation sites excluding steroid dienone is 1. The molecule has 1 aliphatic heterocycles. The molecule has 166 valence electrons. The molecule has 0 saturated carbocycles. The summed E-state index contributed by atoms with van der Waals surface area (Å²) >= 11 is 0. The van der Waals surface area contributed by atoms with E-state index in [9.17, 15) is 4.79 Å². The van der Waals surface area contributed by atoms with Gasteiger partial charge in [-0.3, -0.25) is 4.79 Å². The molecule has 4 rings (SSSR count). The minimum Gasteiger partial charge on any atom is -0.497 e. The number of methoxy groups -OCH3 is 2. The number of anilines is 1. The van der Waals surface area contributed by atoms with Crippen LogP contribution in [0.15, 0.2) is 53.7 Å². The SMILES string of the molecule is CCOc1ccc(C2C(C(N)=O)=C(C)Nc3nc(-c4cccc(OC)c4)nn32)cc1OC. The number of nitrogens with two attached hydrogens (primary N) is 1. The smallest absolute Gasteiger partial charge is 0.248 e. The lowest BCUT2D eigenvalue weighted by Gasteiger charge is -2.28. The average molecular weight is 435 g/mol. The number of carbonyl (C=O) groups is 1. The Morgan fingerprint density at radius 2 is 1.97 bits per heavy atom. The van der Waals surface area contributed by atoms with Gasteiger partial charge < -0.3 is 25.3 Å². The number of primary amides is 1. The second-order valence-electron chi connectivity index (χ2n) is 7.21. The second kappa shape index (κ2) is 8.62. The Kier molecular flexibility index (Phi) is 5.72. The molecule has 3 aromatic rings. The molecular formula is C23H25N5O4. The third-order valence-corrected chi connectivity index (χ3v) is 5.25. The maximum atomic E-state index is 12.4. The van der Waals surface area contributed by atoms with Gasteiger partial charge >= 0.3 is 0 Å². The lowest BCUT2D eigenvalue weighted by atomic mass is 9.95. The number of nitrogens with zero attached hydrogens (tertiary/aromatic N) is 3.